The molecule has 0 amide bonds. The Kier molecular flexibility index (Phi) is 5.88. The number of carboxylic acids is 1. The first-order valence-electron chi connectivity index (χ1n) is 1.55. The smallest absolute Gasteiger partial charge is 0.332 e. The molecule has 0 aliphatic rings. The summed E-state index contributed by atoms with van der Waals surface area (Å²) in [6.45, 7) is 1.20. The quantitative estimate of drug-likeness (QED) is 0.525. The van der Waals surface area contributed by atoms with Crippen LogP contribution < -0.4 is 0 Å². The third-order valence-electron chi connectivity index (χ3n) is 0.357. The number of carboxylic acid groups (broad SMARTS) is 1. The van der Waals surface area contributed by atoms with Crippen molar-refractivity contribution in [2.75, 3.05) is 0 Å². The van der Waals surface area contributed by atoms with E-state index in [1.807, 2.05) is 0 Å². The summed E-state index contributed by atoms with van der Waals surface area (Å²) in [5.41, 5.74) is 0. The van der Waals surface area contributed by atoms with Crippen LogP contribution in [0.3, 0.4) is 0 Å². The Hall–Kier alpha value is -0.0635. The first kappa shape index (κ1) is 10.0. The van der Waals surface area contributed by atoms with E-state index >= 15 is 0 Å². The second kappa shape index (κ2) is 4.10. The minimum atomic E-state index is -1.23. The molecule has 0 aliphatic heterocycles. The molecule has 7 heavy (non-hydrogen) atoms. The fourth-order valence-corrected chi connectivity index (χ4v) is 0. The van der Waals surface area contributed by atoms with Gasteiger partial charge < -0.3 is 10.2 Å². The van der Waals surface area contributed by atoms with E-state index in [2.05, 4.69) is 0 Å². The molecule has 45 valence electrons. The van der Waals surface area contributed by atoms with Gasteiger partial charge in [0.1, 0.15) is 6.10 Å². The van der Waals surface area contributed by atoms with Crippen LogP contribution >= 0.6 is 0 Å². The van der Waals surface area contributed by atoms with Crippen LogP contribution in [0.15, 0.2) is 0 Å². The summed E-state index contributed by atoms with van der Waals surface area (Å²) >= 11 is 0. The molecule has 0 aliphatic carbocycles. The van der Waals surface area contributed by atoms with Crippen LogP contribution in [0.25, 0.3) is 0 Å². The fraction of sp³-hybridized carbons (Fsp3) is 0.667. The molecule has 0 aromatic heterocycles. The van der Waals surface area contributed by atoms with Gasteiger partial charge in [-0.2, -0.15) is 0 Å². The second-order valence-corrected chi connectivity index (χ2v) is 1.01. The number of hydrogen-bond acceptors (Lipinski definition) is 2. The van der Waals surface area contributed by atoms with Gasteiger partial charge in [0.2, 0.25) is 0 Å². The van der Waals surface area contributed by atoms with Crippen LogP contribution in [0.5, 0.6) is 0 Å². The van der Waals surface area contributed by atoms with Crippen LogP contribution in [0.1, 0.15) is 6.92 Å². The first-order chi connectivity index (χ1) is 2.64. The molecular weight excluding hydrogens is 143 g/mol. The van der Waals surface area contributed by atoms with Gasteiger partial charge in [-0.15, -0.1) is 0 Å². The van der Waals surface area contributed by atoms with Crippen molar-refractivity contribution in [1.29, 1.82) is 0 Å². The topological polar surface area (TPSA) is 57.5 Å². The molecule has 1 unspecified atom stereocenters. The summed E-state index contributed by atoms with van der Waals surface area (Å²) in [5, 5.41) is 15.8. The SMILES string of the molecule is CC(O)C(=O)O.[Co]. The Labute approximate surface area is 51.5 Å². The normalized spacial score (nSPS) is 11.7. The molecule has 1 radical (unpaired) electrons. The number of rotatable bonds is 1. The van der Waals surface area contributed by atoms with Crippen molar-refractivity contribution in [3.05, 3.63) is 0 Å². The third-order valence-corrected chi connectivity index (χ3v) is 0.357. The summed E-state index contributed by atoms with van der Waals surface area (Å²) in [7, 11) is 0. The average Bonchev–Trinajstić information content (AvgIpc) is 1.36. The van der Waals surface area contributed by atoms with E-state index in [4.69, 9.17) is 10.2 Å². The fourth-order valence-electron chi connectivity index (χ4n) is 0. The van der Waals surface area contributed by atoms with Crippen LogP contribution in [0, 0.1) is 0 Å². The van der Waals surface area contributed by atoms with Gasteiger partial charge in [-0.3, -0.25) is 0 Å². The number of hydrogen-bond donors (Lipinski definition) is 2. The minimum Gasteiger partial charge on any atom is -0.479 e. The Morgan fingerprint density at radius 3 is 1.86 bits per heavy atom. The zero-order valence-corrected chi connectivity index (χ0v) is 4.75. The molecular formula is C3H6CoO3. The predicted octanol–water partition coefficient (Wildman–Crippen LogP) is -0.551. The summed E-state index contributed by atoms with van der Waals surface area (Å²) in [4.78, 5) is 9.45. The molecule has 1 atom stereocenters. The van der Waals surface area contributed by atoms with E-state index < -0.39 is 12.1 Å². The van der Waals surface area contributed by atoms with Gasteiger partial charge in [0.05, 0.1) is 0 Å². The van der Waals surface area contributed by atoms with Crippen LogP contribution in [-0.4, -0.2) is 22.3 Å². The average molecular weight is 149 g/mol. The Balaban J connectivity index is 0. The number of carbonyl (C=O) groups is 1. The van der Waals surface area contributed by atoms with Crippen molar-refractivity contribution in [3.8, 4) is 0 Å². The van der Waals surface area contributed by atoms with Crippen LogP contribution in [0.2, 0.25) is 0 Å². The monoisotopic (exact) mass is 149 g/mol. The molecule has 0 saturated carbocycles. The van der Waals surface area contributed by atoms with Crippen molar-refractivity contribution in [2.45, 2.75) is 13.0 Å². The zero-order valence-electron chi connectivity index (χ0n) is 3.71. The van der Waals surface area contributed by atoms with Gasteiger partial charge in [0, 0.05) is 16.8 Å². The van der Waals surface area contributed by atoms with Crippen molar-refractivity contribution in [1.82, 2.24) is 0 Å². The molecule has 0 aromatic rings. The van der Waals surface area contributed by atoms with E-state index in [9.17, 15) is 4.79 Å². The van der Waals surface area contributed by atoms with Crippen molar-refractivity contribution in [3.63, 3.8) is 0 Å². The van der Waals surface area contributed by atoms with Crippen molar-refractivity contribution < 1.29 is 31.8 Å². The Bertz CT molecular complexity index is 61.2. The Morgan fingerprint density at radius 1 is 1.71 bits per heavy atom. The summed E-state index contributed by atoms with van der Waals surface area (Å²) in [6.07, 6.45) is -1.23. The minimum absolute atomic E-state index is 0. The van der Waals surface area contributed by atoms with Gasteiger partial charge in [0.15, 0.2) is 0 Å². The molecule has 0 fully saturated rings. The second-order valence-electron chi connectivity index (χ2n) is 1.01. The molecule has 2 N–H and O–H groups in total. The van der Waals surface area contributed by atoms with E-state index in [0.717, 1.165) is 0 Å². The summed E-state index contributed by atoms with van der Waals surface area (Å²) < 4.78 is 0. The predicted molar refractivity (Wildman–Crippen MR) is 19.3 cm³/mol. The number of aliphatic carboxylic acids is 1. The van der Waals surface area contributed by atoms with Gasteiger partial charge >= 0.3 is 5.97 Å². The molecule has 0 heterocycles. The third kappa shape index (κ3) is 5.94. The standard InChI is InChI=1S/C3H6O3.Co/c1-2(4)3(5)6;/h2,4H,1H3,(H,5,6);. The van der Waals surface area contributed by atoms with Crippen molar-refractivity contribution in [2.24, 2.45) is 0 Å². The van der Waals surface area contributed by atoms with Gasteiger partial charge in [-0.1, -0.05) is 0 Å². The van der Waals surface area contributed by atoms with E-state index in [-0.39, 0.29) is 16.8 Å². The molecule has 0 aromatic carbocycles. The van der Waals surface area contributed by atoms with Crippen LogP contribution in [-0.2, 0) is 21.6 Å². The van der Waals surface area contributed by atoms with E-state index in [0.29, 0.717) is 0 Å². The van der Waals surface area contributed by atoms with Crippen LogP contribution in [0.4, 0.5) is 0 Å². The van der Waals surface area contributed by atoms with Gasteiger partial charge in [-0.25, -0.2) is 4.79 Å². The maximum Gasteiger partial charge on any atom is 0.332 e. The van der Waals surface area contributed by atoms with E-state index in [1.54, 1.807) is 0 Å². The Morgan fingerprint density at radius 2 is 1.86 bits per heavy atom. The summed E-state index contributed by atoms with van der Waals surface area (Å²) in [6, 6.07) is 0. The molecule has 0 rings (SSSR count). The number of aliphatic hydroxyl groups is 1. The van der Waals surface area contributed by atoms with E-state index in [1.165, 1.54) is 6.92 Å². The first-order valence-corrected chi connectivity index (χ1v) is 1.55. The molecule has 0 bridgehead atoms. The zero-order chi connectivity index (χ0) is 5.15. The molecule has 3 nitrogen and oxygen atoms in total. The number of aliphatic hydroxyl groups excluding tert-OH is 1. The molecule has 0 saturated heterocycles. The van der Waals surface area contributed by atoms with Gasteiger partial charge in [-0.05, 0) is 6.92 Å². The maximum atomic E-state index is 9.45. The molecule has 0 spiro atoms. The van der Waals surface area contributed by atoms with Gasteiger partial charge in [0.25, 0.3) is 0 Å². The maximum absolute atomic E-state index is 9.45. The largest absolute Gasteiger partial charge is 0.479 e. The summed E-state index contributed by atoms with van der Waals surface area (Å²) in [5.74, 6) is -1.19. The molecule has 4 heteroatoms. The van der Waals surface area contributed by atoms with Crippen molar-refractivity contribution >= 4 is 5.97 Å².